The van der Waals surface area contributed by atoms with Crippen molar-refractivity contribution >= 4 is 27.5 Å². The van der Waals surface area contributed by atoms with E-state index in [0.29, 0.717) is 18.0 Å². The Morgan fingerprint density at radius 3 is 2.04 bits per heavy atom. The Labute approximate surface area is 266 Å². The number of anilines is 1. The Kier molecular flexibility index (Phi) is 11.8. The predicted octanol–water partition coefficient (Wildman–Crippen LogP) is 5.76. The summed E-state index contributed by atoms with van der Waals surface area (Å²) < 4.78 is 34.5. The molecule has 2 amide bonds. The zero-order chi connectivity index (χ0) is 32.2. The Hall–Kier alpha value is -4.63. The van der Waals surface area contributed by atoms with Gasteiger partial charge < -0.3 is 15.0 Å². The lowest BCUT2D eigenvalue weighted by Crippen LogP contribution is -2.53. The van der Waals surface area contributed by atoms with Crippen molar-refractivity contribution in [1.82, 2.24) is 10.2 Å². The van der Waals surface area contributed by atoms with Gasteiger partial charge in [-0.1, -0.05) is 91.7 Å². The van der Waals surface area contributed by atoms with E-state index < -0.39 is 28.5 Å². The van der Waals surface area contributed by atoms with Crippen molar-refractivity contribution < 1.29 is 22.7 Å². The standard InChI is InChI=1S/C36H41N3O5S/c1-4-5-24-37-36(41)34(25-29-12-8-6-9-13-29)38(26-30-18-16-28(2)17-19-30)35(40)27-39(31-20-22-32(44-3)23-21-31)45(42,43)33-14-10-7-11-15-33/h6-23,34H,4-5,24-27H2,1-3H3,(H,37,41)/t34-/m1/s1. The molecule has 1 atom stereocenters. The lowest BCUT2D eigenvalue weighted by atomic mass is 10.0. The molecule has 236 valence electrons. The molecule has 4 aromatic rings. The molecule has 0 spiro atoms. The van der Waals surface area contributed by atoms with Crippen molar-refractivity contribution in [2.75, 3.05) is 24.5 Å². The van der Waals surface area contributed by atoms with Gasteiger partial charge in [-0.05, 0) is 60.9 Å². The normalized spacial score (nSPS) is 11.8. The number of hydrogen-bond donors (Lipinski definition) is 1. The van der Waals surface area contributed by atoms with Gasteiger partial charge in [0.05, 0.1) is 17.7 Å². The van der Waals surface area contributed by atoms with Crippen LogP contribution in [0.2, 0.25) is 0 Å². The molecule has 1 N–H and O–H groups in total. The van der Waals surface area contributed by atoms with E-state index in [2.05, 4.69) is 5.32 Å². The van der Waals surface area contributed by atoms with Crippen molar-refractivity contribution in [3.05, 3.63) is 126 Å². The molecule has 0 unspecified atom stereocenters. The van der Waals surface area contributed by atoms with Gasteiger partial charge in [-0.25, -0.2) is 8.42 Å². The van der Waals surface area contributed by atoms with Gasteiger partial charge in [0.1, 0.15) is 18.3 Å². The number of benzene rings is 4. The number of nitrogens with zero attached hydrogens (tertiary/aromatic N) is 2. The summed E-state index contributed by atoms with van der Waals surface area (Å²) in [6.07, 6.45) is 1.98. The molecule has 0 heterocycles. The number of carbonyl (C=O) groups is 2. The largest absolute Gasteiger partial charge is 0.497 e. The van der Waals surface area contributed by atoms with Gasteiger partial charge >= 0.3 is 0 Å². The highest BCUT2D eigenvalue weighted by Gasteiger charge is 2.34. The number of hydrogen-bond acceptors (Lipinski definition) is 5. The first-order valence-electron chi connectivity index (χ1n) is 15.1. The number of unbranched alkanes of at least 4 members (excludes halogenated alkanes) is 1. The molecule has 0 saturated carbocycles. The van der Waals surface area contributed by atoms with E-state index >= 15 is 0 Å². The van der Waals surface area contributed by atoms with Crippen LogP contribution >= 0.6 is 0 Å². The molecule has 8 nitrogen and oxygen atoms in total. The summed E-state index contributed by atoms with van der Waals surface area (Å²) in [6.45, 7) is 4.12. The predicted molar refractivity (Wildman–Crippen MR) is 178 cm³/mol. The zero-order valence-electron chi connectivity index (χ0n) is 26.1. The van der Waals surface area contributed by atoms with Crippen LogP contribution in [0.25, 0.3) is 0 Å². The molecule has 0 saturated heterocycles. The summed E-state index contributed by atoms with van der Waals surface area (Å²) in [5.41, 5.74) is 3.08. The van der Waals surface area contributed by atoms with E-state index in [1.807, 2.05) is 68.4 Å². The van der Waals surface area contributed by atoms with E-state index in [9.17, 15) is 18.0 Å². The molecule has 0 radical (unpaired) electrons. The van der Waals surface area contributed by atoms with Crippen molar-refractivity contribution in [2.24, 2.45) is 0 Å². The highest BCUT2D eigenvalue weighted by atomic mass is 32.2. The number of carbonyl (C=O) groups excluding carboxylic acids is 2. The van der Waals surface area contributed by atoms with Crippen LogP contribution in [0.5, 0.6) is 5.75 Å². The molecule has 0 bridgehead atoms. The van der Waals surface area contributed by atoms with E-state index in [4.69, 9.17) is 4.74 Å². The smallest absolute Gasteiger partial charge is 0.264 e. The number of rotatable bonds is 15. The monoisotopic (exact) mass is 627 g/mol. The highest BCUT2D eigenvalue weighted by Crippen LogP contribution is 2.27. The third-order valence-corrected chi connectivity index (χ3v) is 9.33. The summed E-state index contributed by atoms with van der Waals surface area (Å²) in [6, 6.07) is 30.9. The van der Waals surface area contributed by atoms with Gasteiger partial charge in [0, 0.05) is 19.5 Å². The number of aryl methyl sites for hydroxylation is 1. The molecule has 9 heteroatoms. The molecule has 45 heavy (non-hydrogen) atoms. The maximum atomic E-state index is 14.5. The highest BCUT2D eigenvalue weighted by molar-refractivity contribution is 7.92. The number of nitrogens with one attached hydrogen (secondary N) is 1. The molecule has 0 aliphatic heterocycles. The van der Waals surface area contributed by atoms with Crippen LogP contribution in [-0.2, 0) is 32.6 Å². The van der Waals surface area contributed by atoms with Crippen LogP contribution in [0.4, 0.5) is 5.69 Å². The summed E-state index contributed by atoms with van der Waals surface area (Å²) in [5.74, 6) is -0.234. The molecule has 4 rings (SSSR count). The summed E-state index contributed by atoms with van der Waals surface area (Å²) in [4.78, 5) is 29.8. The first-order chi connectivity index (χ1) is 21.7. The van der Waals surface area contributed by atoms with Crippen LogP contribution in [0, 0.1) is 6.92 Å². The average Bonchev–Trinajstić information content (AvgIpc) is 3.07. The Balaban J connectivity index is 1.77. The fourth-order valence-electron chi connectivity index (χ4n) is 4.95. The molecular weight excluding hydrogens is 586 g/mol. The first kappa shape index (κ1) is 33.3. The van der Waals surface area contributed by atoms with Gasteiger partial charge in [-0.15, -0.1) is 0 Å². The maximum absolute atomic E-state index is 14.5. The summed E-state index contributed by atoms with van der Waals surface area (Å²) in [5, 5.41) is 3.01. The Bertz CT molecular complexity index is 1630. The minimum absolute atomic E-state index is 0.0526. The zero-order valence-corrected chi connectivity index (χ0v) is 26.9. The summed E-state index contributed by atoms with van der Waals surface area (Å²) in [7, 11) is -2.63. The molecular formula is C36H41N3O5S. The minimum Gasteiger partial charge on any atom is -0.497 e. The van der Waals surface area contributed by atoms with Crippen LogP contribution in [0.3, 0.4) is 0 Å². The molecule has 0 aliphatic carbocycles. The third kappa shape index (κ3) is 8.95. The van der Waals surface area contributed by atoms with Crippen LogP contribution in [0.15, 0.2) is 114 Å². The number of amides is 2. The number of methoxy groups -OCH3 is 1. The van der Waals surface area contributed by atoms with E-state index in [0.717, 1.165) is 33.8 Å². The fraction of sp³-hybridized carbons (Fsp3) is 0.278. The Morgan fingerprint density at radius 2 is 1.44 bits per heavy atom. The lowest BCUT2D eigenvalue weighted by Gasteiger charge is -2.34. The van der Waals surface area contributed by atoms with Crippen molar-refractivity contribution in [3.63, 3.8) is 0 Å². The molecule has 0 fully saturated rings. The van der Waals surface area contributed by atoms with Gasteiger partial charge in [-0.3, -0.25) is 13.9 Å². The minimum atomic E-state index is -4.16. The van der Waals surface area contributed by atoms with Gasteiger partial charge in [0.2, 0.25) is 11.8 Å². The van der Waals surface area contributed by atoms with E-state index in [1.54, 1.807) is 42.5 Å². The van der Waals surface area contributed by atoms with Crippen LogP contribution < -0.4 is 14.4 Å². The van der Waals surface area contributed by atoms with Gasteiger partial charge in [0.15, 0.2) is 0 Å². The molecule has 4 aromatic carbocycles. The number of ether oxygens (including phenoxy) is 1. The third-order valence-electron chi connectivity index (χ3n) is 7.54. The second kappa shape index (κ2) is 15.9. The molecule has 0 aliphatic rings. The first-order valence-corrected chi connectivity index (χ1v) is 16.6. The van der Waals surface area contributed by atoms with E-state index in [1.165, 1.54) is 24.1 Å². The quantitative estimate of drug-likeness (QED) is 0.169. The lowest BCUT2D eigenvalue weighted by molar-refractivity contribution is -0.140. The van der Waals surface area contributed by atoms with Gasteiger partial charge in [-0.2, -0.15) is 0 Å². The number of sulfonamides is 1. The maximum Gasteiger partial charge on any atom is 0.264 e. The van der Waals surface area contributed by atoms with Gasteiger partial charge in [0.25, 0.3) is 10.0 Å². The summed E-state index contributed by atoms with van der Waals surface area (Å²) >= 11 is 0. The average molecular weight is 628 g/mol. The van der Waals surface area contributed by atoms with E-state index in [-0.39, 0.29) is 23.8 Å². The fourth-order valence-corrected chi connectivity index (χ4v) is 6.38. The SMILES string of the molecule is CCCCNC(=O)[C@@H](Cc1ccccc1)N(Cc1ccc(C)cc1)C(=O)CN(c1ccc(OC)cc1)S(=O)(=O)c1ccccc1. The van der Waals surface area contributed by atoms with Crippen molar-refractivity contribution in [3.8, 4) is 5.75 Å². The topological polar surface area (TPSA) is 96.0 Å². The second-order valence-electron chi connectivity index (χ2n) is 10.9. The molecule has 0 aromatic heterocycles. The van der Waals surface area contributed by atoms with Crippen LogP contribution in [-0.4, -0.2) is 51.4 Å². The Morgan fingerprint density at radius 1 is 0.822 bits per heavy atom. The van der Waals surface area contributed by atoms with Crippen molar-refractivity contribution in [1.29, 1.82) is 0 Å². The second-order valence-corrected chi connectivity index (χ2v) is 12.7. The van der Waals surface area contributed by atoms with Crippen LogP contribution in [0.1, 0.15) is 36.5 Å². The van der Waals surface area contributed by atoms with Crippen molar-refractivity contribution in [2.45, 2.75) is 50.6 Å².